The molecule has 0 aromatic carbocycles. The Bertz CT molecular complexity index is 618. The average Bonchev–Trinajstić information content (AvgIpc) is 2.58. The third kappa shape index (κ3) is 5.03. The number of carbonyl (C=O) groups excluding carboxylic acids is 1. The number of hydrogen-bond acceptors (Lipinski definition) is 10. The maximum Gasteiger partial charge on any atom is 0.287 e. The van der Waals surface area contributed by atoms with Gasteiger partial charge in [-0.1, -0.05) is 10.8 Å². The van der Waals surface area contributed by atoms with Gasteiger partial charge in [0.25, 0.3) is 5.69 Å². The van der Waals surface area contributed by atoms with Crippen LogP contribution in [0, 0.1) is 10.1 Å². The van der Waals surface area contributed by atoms with Gasteiger partial charge in [0.2, 0.25) is 5.91 Å². The second kappa shape index (κ2) is 8.78. The Kier molecular flexibility index (Phi) is 6.98. The van der Waals surface area contributed by atoms with Gasteiger partial charge in [0.1, 0.15) is 35.0 Å². The monoisotopic (exact) mass is 391 g/mol. The second-order valence-corrected chi connectivity index (χ2v) is 7.54. The number of aliphatic hydroxyl groups is 3. The number of aromatic nitrogens is 1. The zero-order chi connectivity index (χ0) is 18.6. The lowest BCUT2D eigenvalue weighted by atomic mass is 9.98. The second-order valence-electron chi connectivity index (χ2n) is 5.22. The molecule has 1 aromatic heterocycles. The zero-order valence-electron chi connectivity index (χ0n) is 13.0. The fourth-order valence-corrected chi connectivity index (χ4v) is 4.50. The van der Waals surface area contributed by atoms with Crippen LogP contribution in [-0.2, 0) is 9.53 Å². The maximum atomic E-state index is 11.3. The molecule has 10 nitrogen and oxygen atoms in total. The molecule has 138 valence electrons. The number of hydrogen-bond donors (Lipinski definition) is 4. The van der Waals surface area contributed by atoms with Crippen molar-refractivity contribution in [2.75, 3.05) is 6.61 Å². The smallest absolute Gasteiger partial charge is 0.287 e. The van der Waals surface area contributed by atoms with Crippen molar-refractivity contribution in [3.05, 3.63) is 28.4 Å². The normalized spacial score (nSPS) is 29.2. The highest BCUT2D eigenvalue weighted by molar-refractivity contribution is 8.76. The molecule has 25 heavy (non-hydrogen) atoms. The Balaban J connectivity index is 2.07. The van der Waals surface area contributed by atoms with Crippen LogP contribution in [0.15, 0.2) is 23.4 Å². The number of carbonyl (C=O) groups is 1. The van der Waals surface area contributed by atoms with Crippen molar-refractivity contribution in [2.45, 2.75) is 41.7 Å². The Morgan fingerprint density at radius 1 is 1.44 bits per heavy atom. The third-order valence-electron chi connectivity index (χ3n) is 3.41. The van der Waals surface area contributed by atoms with Gasteiger partial charge in [0.15, 0.2) is 0 Å². The van der Waals surface area contributed by atoms with Gasteiger partial charge in [-0.2, -0.15) is 0 Å². The largest absolute Gasteiger partial charge is 0.394 e. The summed E-state index contributed by atoms with van der Waals surface area (Å²) in [5, 5.41) is 43.0. The highest BCUT2D eigenvalue weighted by Crippen LogP contribution is 2.39. The first-order chi connectivity index (χ1) is 11.8. The molecule has 2 rings (SSSR count). The quantitative estimate of drug-likeness (QED) is 0.288. The molecule has 1 aliphatic heterocycles. The summed E-state index contributed by atoms with van der Waals surface area (Å²) in [5.41, 5.74) is -0.917. The molecular formula is C13H17N3O7S2. The lowest BCUT2D eigenvalue weighted by Gasteiger charge is -2.41. The van der Waals surface area contributed by atoms with E-state index < -0.39 is 47.2 Å². The predicted molar refractivity (Wildman–Crippen MR) is 89.7 cm³/mol. The topological polar surface area (TPSA) is 155 Å². The van der Waals surface area contributed by atoms with Crippen LogP contribution in [0.3, 0.4) is 0 Å². The van der Waals surface area contributed by atoms with Crippen LogP contribution in [-0.4, -0.2) is 67.5 Å². The average molecular weight is 391 g/mol. The highest BCUT2D eigenvalue weighted by atomic mass is 33.1. The molecule has 0 unspecified atom stereocenters. The van der Waals surface area contributed by atoms with Crippen molar-refractivity contribution in [1.82, 2.24) is 10.3 Å². The Morgan fingerprint density at radius 2 is 2.16 bits per heavy atom. The summed E-state index contributed by atoms with van der Waals surface area (Å²) < 4.78 is 5.55. The number of ether oxygens (including phenoxy) is 1. The summed E-state index contributed by atoms with van der Waals surface area (Å²) in [7, 11) is 2.23. The van der Waals surface area contributed by atoms with E-state index in [4.69, 9.17) is 4.74 Å². The number of nitrogens with one attached hydrogen (secondary N) is 1. The highest BCUT2D eigenvalue weighted by Gasteiger charge is 2.45. The fourth-order valence-electron chi connectivity index (χ4n) is 2.18. The van der Waals surface area contributed by atoms with Gasteiger partial charge < -0.3 is 25.4 Å². The number of amides is 1. The molecule has 0 aliphatic carbocycles. The SMILES string of the molecule is CC(=O)N[C@@H]1[C@@H](O)[C@H](O)[C@@H](CO)O[C@H]1SSc1ccc([N+](=O)[O-])cn1. The standard InChI is InChI=1S/C13H17N3O7S2/c1-6(18)15-10-12(20)11(19)8(5-17)23-13(10)25-24-9-3-2-7(4-14-9)16(21)22/h2-4,8,10-13,17,19-20H,5H2,1H3,(H,15,18)/t8-,10-,11-,12-,13+/m1/s1. The van der Waals surface area contributed by atoms with Crippen LogP contribution >= 0.6 is 21.6 Å². The number of nitrogens with zero attached hydrogens (tertiary/aromatic N) is 2. The summed E-state index contributed by atoms with van der Waals surface area (Å²) in [5.74, 6) is -0.411. The first kappa shape index (κ1) is 19.9. The first-order valence-corrected chi connectivity index (χ1v) is 9.38. The Hall–Kier alpha value is -1.44. The van der Waals surface area contributed by atoms with Crippen LogP contribution in [0.1, 0.15) is 6.92 Å². The molecule has 0 saturated carbocycles. The van der Waals surface area contributed by atoms with E-state index in [0.29, 0.717) is 5.03 Å². The van der Waals surface area contributed by atoms with Crippen molar-refractivity contribution in [3.63, 3.8) is 0 Å². The van der Waals surface area contributed by atoms with E-state index in [2.05, 4.69) is 10.3 Å². The van der Waals surface area contributed by atoms with Crippen LogP contribution in [0.2, 0.25) is 0 Å². The summed E-state index contributed by atoms with van der Waals surface area (Å²) in [6, 6.07) is 1.87. The molecule has 1 aromatic rings. The number of aliphatic hydroxyl groups excluding tert-OH is 3. The third-order valence-corrected chi connectivity index (χ3v) is 5.88. The number of nitro groups is 1. The molecule has 4 N–H and O–H groups in total. The van der Waals surface area contributed by atoms with Crippen molar-refractivity contribution >= 4 is 33.2 Å². The molecule has 12 heteroatoms. The van der Waals surface area contributed by atoms with Gasteiger partial charge in [-0.05, 0) is 16.9 Å². The molecule has 0 spiro atoms. The van der Waals surface area contributed by atoms with Gasteiger partial charge in [0, 0.05) is 13.0 Å². The van der Waals surface area contributed by atoms with Crippen molar-refractivity contribution in [2.24, 2.45) is 0 Å². The predicted octanol–water partition coefficient (Wildman–Crippen LogP) is -0.326. The molecule has 0 bridgehead atoms. The van der Waals surface area contributed by atoms with E-state index in [0.717, 1.165) is 27.8 Å². The van der Waals surface area contributed by atoms with E-state index in [1.807, 2.05) is 0 Å². The van der Waals surface area contributed by atoms with Crippen molar-refractivity contribution in [1.29, 1.82) is 0 Å². The minimum absolute atomic E-state index is 0.140. The Morgan fingerprint density at radius 3 is 2.68 bits per heavy atom. The van der Waals surface area contributed by atoms with Crippen LogP contribution in [0.5, 0.6) is 0 Å². The molecule has 5 atom stereocenters. The summed E-state index contributed by atoms with van der Waals surface area (Å²) in [6.45, 7) is 0.770. The van der Waals surface area contributed by atoms with Gasteiger partial charge >= 0.3 is 0 Å². The lowest BCUT2D eigenvalue weighted by molar-refractivity contribution is -0.385. The fraction of sp³-hybridized carbons (Fsp3) is 0.538. The minimum Gasteiger partial charge on any atom is -0.394 e. The molecule has 1 aliphatic rings. The van der Waals surface area contributed by atoms with Gasteiger partial charge in [-0.15, -0.1) is 0 Å². The maximum absolute atomic E-state index is 11.3. The van der Waals surface area contributed by atoms with Crippen LogP contribution < -0.4 is 5.32 Å². The van der Waals surface area contributed by atoms with E-state index in [1.165, 1.54) is 19.1 Å². The van der Waals surface area contributed by atoms with Crippen molar-refractivity contribution in [3.8, 4) is 0 Å². The molecular weight excluding hydrogens is 374 g/mol. The van der Waals surface area contributed by atoms with Crippen molar-refractivity contribution < 1.29 is 29.8 Å². The summed E-state index contributed by atoms with van der Waals surface area (Å²) in [6.07, 6.45) is -2.55. The molecule has 0 radical (unpaired) electrons. The van der Waals surface area contributed by atoms with E-state index in [-0.39, 0.29) is 5.69 Å². The molecule has 2 heterocycles. The summed E-state index contributed by atoms with van der Waals surface area (Å²) >= 11 is 0. The van der Waals surface area contributed by atoms with E-state index in [1.54, 1.807) is 0 Å². The van der Waals surface area contributed by atoms with Crippen LogP contribution in [0.25, 0.3) is 0 Å². The zero-order valence-corrected chi connectivity index (χ0v) is 14.6. The molecule has 1 fully saturated rings. The molecule has 1 amide bonds. The first-order valence-electron chi connectivity index (χ1n) is 7.16. The van der Waals surface area contributed by atoms with E-state index >= 15 is 0 Å². The van der Waals surface area contributed by atoms with Gasteiger partial charge in [0.05, 0.1) is 17.6 Å². The van der Waals surface area contributed by atoms with E-state index in [9.17, 15) is 30.2 Å². The number of pyridine rings is 1. The van der Waals surface area contributed by atoms with Gasteiger partial charge in [-0.3, -0.25) is 14.9 Å². The summed E-state index contributed by atoms with van der Waals surface area (Å²) in [4.78, 5) is 25.3. The minimum atomic E-state index is -1.35. The lowest BCUT2D eigenvalue weighted by Crippen LogP contribution is -2.62. The molecule has 1 saturated heterocycles. The Labute approximate surface area is 150 Å². The number of rotatable bonds is 6. The van der Waals surface area contributed by atoms with Gasteiger partial charge in [-0.25, -0.2) is 4.98 Å². The van der Waals surface area contributed by atoms with Crippen LogP contribution in [0.4, 0.5) is 5.69 Å².